The summed E-state index contributed by atoms with van der Waals surface area (Å²) >= 11 is 11.7. The van der Waals surface area contributed by atoms with Gasteiger partial charge in [-0.15, -0.1) is 0 Å². The third-order valence-corrected chi connectivity index (χ3v) is 3.69. The maximum absolute atomic E-state index is 12.0. The van der Waals surface area contributed by atoms with Crippen molar-refractivity contribution in [1.29, 1.82) is 0 Å². The zero-order valence-electron chi connectivity index (χ0n) is 10.7. The van der Waals surface area contributed by atoms with Crippen molar-refractivity contribution in [2.75, 3.05) is 32.9 Å². The van der Waals surface area contributed by atoms with Gasteiger partial charge in [0.15, 0.2) is 6.61 Å². The molecule has 5 nitrogen and oxygen atoms in total. The SMILES string of the molecule is O=C(COc1ccc(Cl)c(Cl)c1)N1CCOC(CO)C1. The molecule has 2 rings (SSSR count). The topological polar surface area (TPSA) is 59.0 Å². The molecule has 0 saturated carbocycles. The summed E-state index contributed by atoms with van der Waals surface area (Å²) in [4.78, 5) is 13.6. The number of carbonyl (C=O) groups is 1. The van der Waals surface area contributed by atoms with Crippen LogP contribution in [0.5, 0.6) is 5.75 Å². The molecule has 1 heterocycles. The van der Waals surface area contributed by atoms with Gasteiger partial charge in [0.25, 0.3) is 5.91 Å². The standard InChI is InChI=1S/C13H15Cl2NO4/c14-11-2-1-9(5-12(11)15)20-8-13(18)16-3-4-19-10(6-16)7-17/h1-2,5,10,17H,3-4,6-8H2. The van der Waals surface area contributed by atoms with Gasteiger partial charge >= 0.3 is 0 Å². The van der Waals surface area contributed by atoms with Crippen LogP contribution in [-0.2, 0) is 9.53 Å². The molecule has 0 bridgehead atoms. The van der Waals surface area contributed by atoms with Crippen LogP contribution in [0, 0.1) is 0 Å². The lowest BCUT2D eigenvalue weighted by Crippen LogP contribution is -2.48. The molecule has 1 saturated heterocycles. The minimum Gasteiger partial charge on any atom is -0.484 e. The first kappa shape index (κ1) is 15.4. The van der Waals surface area contributed by atoms with Crippen LogP contribution in [-0.4, -0.2) is 54.9 Å². The second kappa shape index (κ2) is 7.13. The fraction of sp³-hybridized carbons (Fsp3) is 0.462. The van der Waals surface area contributed by atoms with Crippen LogP contribution in [0.15, 0.2) is 18.2 Å². The largest absolute Gasteiger partial charge is 0.484 e. The Labute approximate surface area is 127 Å². The molecule has 1 fully saturated rings. The number of amides is 1. The highest BCUT2D eigenvalue weighted by Crippen LogP contribution is 2.26. The highest BCUT2D eigenvalue weighted by atomic mass is 35.5. The van der Waals surface area contributed by atoms with E-state index < -0.39 is 0 Å². The van der Waals surface area contributed by atoms with Gasteiger partial charge in [-0.25, -0.2) is 0 Å². The maximum Gasteiger partial charge on any atom is 0.260 e. The fourth-order valence-electron chi connectivity index (χ4n) is 1.86. The van der Waals surface area contributed by atoms with Gasteiger partial charge < -0.3 is 19.5 Å². The van der Waals surface area contributed by atoms with Crippen molar-refractivity contribution >= 4 is 29.1 Å². The monoisotopic (exact) mass is 319 g/mol. The zero-order valence-corrected chi connectivity index (χ0v) is 12.2. The molecule has 1 aromatic rings. The second-order valence-electron chi connectivity index (χ2n) is 4.38. The highest BCUT2D eigenvalue weighted by molar-refractivity contribution is 6.42. The van der Waals surface area contributed by atoms with Crippen molar-refractivity contribution in [1.82, 2.24) is 4.90 Å². The first-order valence-corrected chi connectivity index (χ1v) is 6.94. The van der Waals surface area contributed by atoms with E-state index in [1.807, 2.05) is 0 Å². The Morgan fingerprint density at radius 1 is 1.45 bits per heavy atom. The van der Waals surface area contributed by atoms with Crippen LogP contribution in [0.25, 0.3) is 0 Å². The fourth-order valence-corrected chi connectivity index (χ4v) is 2.15. The molecule has 1 aromatic carbocycles. The third kappa shape index (κ3) is 3.99. The van der Waals surface area contributed by atoms with Gasteiger partial charge in [0.2, 0.25) is 0 Å². The number of rotatable bonds is 4. The van der Waals surface area contributed by atoms with Crippen molar-refractivity contribution in [3.05, 3.63) is 28.2 Å². The van der Waals surface area contributed by atoms with Gasteiger partial charge in [0.05, 0.1) is 29.4 Å². The van der Waals surface area contributed by atoms with Crippen LogP contribution in [0.3, 0.4) is 0 Å². The number of aliphatic hydroxyl groups excluding tert-OH is 1. The van der Waals surface area contributed by atoms with E-state index >= 15 is 0 Å². The smallest absolute Gasteiger partial charge is 0.260 e. The summed E-state index contributed by atoms with van der Waals surface area (Å²) in [7, 11) is 0. The summed E-state index contributed by atoms with van der Waals surface area (Å²) in [5, 5.41) is 9.85. The molecule has 1 atom stereocenters. The summed E-state index contributed by atoms with van der Waals surface area (Å²) in [5.41, 5.74) is 0. The van der Waals surface area contributed by atoms with E-state index in [-0.39, 0.29) is 25.2 Å². The minimum atomic E-state index is -0.322. The van der Waals surface area contributed by atoms with Crippen molar-refractivity contribution in [3.63, 3.8) is 0 Å². The predicted octanol–water partition coefficient (Wildman–Crippen LogP) is 1.59. The van der Waals surface area contributed by atoms with Crippen molar-refractivity contribution in [3.8, 4) is 5.75 Å². The number of hydrogen-bond acceptors (Lipinski definition) is 4. The molecule has 0 aromatic heterocycles. The number of carbonyl (C=O) groups excluding carboxylic acids is 1. The lowest BCUT2D eigenvalue weighted by molar-refractivity contribution is -0.142. The molecule has 1 amide bonds. The van der Waals surface area contributed by atoms with Crippen LogP contribution in [0.4, 0.5) is 0 Å². The first-order chi connectivity index (χ1) is 9.60. The van der Waals surface area contributed by atoms with Gasteiger partial charge in [0.1, 0.15) is 5.75 Å². The molecular weight excluding hydrogens is 305 g/mol. The Hall–Kier alpha value is -1.01. The molecule has 0 radical (unpaired) electrons. The molecule has 1 N–H and O–H groups in total. The molecule has 1 unspecified atom stereocenters. The van der Waals surface area contributed by atoms with Crippen molar-refractivity contribution in [2.24, 2.45) is 0 Å². The first-order valence-electron chi connectivity index (χ1n) is 6.18. The number of aliphatic hydroxyl groups is 1. The Bertz CT molecular complexity index is 483. The number of hydrogen-bond donors (Lipinski definition) is 1. The average molecular weight is 320 g/mol. The Balaban J connectivity index is 1.86. The van der Waals surface area contributed by atoms with Gasteiger partial charge in [0, 0.05) is 19.2 Å². The van der Waals surface area contributed by atoms with E-state index in [4.69, 9.17) is 37.8 Å². The van der Waals surface area contributed by atoms with Gasteiger partial charge in [-0.3, -0.25) is 4.79 Å². The molecule has 1 aliphatic rings. The highest BCUT2D eigenvalue weighted by Gasteiger charge is 2.23. The molecule has 0 spiro atoms. The van der Waals surface area contributed by atoms with E-state index in [1.54, 1.807) is 23.1 Å². The number of nitrogens with zero attached hydrogens (tertiary/aromatic N) is 1. The van der Waals surface area contributed by atoms with E-state index in [2.05, 4.69) is 0 Å². The summed E-state index contributed by atoms with van der Waals surface area (Å²) < 4.78 is 10.7. The maximum atomic E-state index is 12.0. The number of morpholine rings is 1. The quantitative estimate of drug-likeness (QED) is 0.915. The van der Waals surface area contributed by atoms with Crippen LogP contribution in [0.2, 0.25) is 10.0 Å². The van der Waals surface area contributed by atoms with E-state index in [9.17, 15) is 4.79 Å². The van der Waals surface area contributed by atoms with E-state index in [0.717, 1.165) is 0 Å². The normalized spacial score (nSPS) is 18.9. The Morgan fingerprint density at radius 3 is 2.95 bits per heavy atom. The minimum absolute atomic E-state index is 0.0872. The lowest BCUT2D eigenvalue weighted by atomic mass is 10.3. The van der Waals surface area contributed by atoms with Crippen LogP contribution in [0.1, 0.15) is 0 Å². The zero-order chi connectivity index (χ0) is 14.5. The summed E-state index contributed by atoms with van der Waals surface area (Å²) in [6, 6.07) is 4.82. The Kier molecular flexibility index (Phi) is 5.48. The lowest BCUT2D eigenvalue weighted by Gasteiger charge is -2.31. The van der Waals surface area contributed by atoms with Crippen LogP contribution < -0.4 is 4.74 Å². The number of ether oxygens (including phenoxy) is 2. The summed E-state index contributed by atoms with van der Waals surface area (Å²) in [6.07, 6.45) is -0.322. The number of benzene rings is 1. The Morgan fingerprint density at radius 2 is 2.25 bits per heavy atom. The van der Waals surface area contributed by atoms with E-state index in [0.29, 0.717) is 35.5 Å². The van der Waals surface area contributed by atoms with Gasteiger partial charge in [-0.05, 0) is 12.1 Å². The average Bonchev–Trinajstić information content (AvgIpc) is 2.48. The van der Waals surface area contributed by atoms with Gasteiger partial charge in [-0.2, -0.15) is 0 Å². The molecular formula is C13H15Cl2NO4. The van der Waals surface area contributed by atoms with E-state index in [1.165, 1.54) is 0 Å². The number of halogens is 2. The molecule has 0 aliphatic carbocycles. The third-order valence-electron chi connectivity index (χ3n) is 2.95. The molecule has 110 valence electrons. The summed E-state index contributed by atoms with van der Waals surface area (Å²) in [6.45, 7) is 1.11. The molecule has 1 aliphatic heterocycles. The molecule has 20 heavy (non-hydrogen) atoms. The van der Waals surface area contributed by atoms with Crippen molar-refractivity contribution < 1.29 is 19.4 Å². The van der Waals surface area contributed by atoms with Gasteiger partial charge in [-0.1, -0.05) is 23.2 Å². The molecule has 7 heteroatoms. The van der Waals surface area contributed by atoms with Crippen molar-refractivity contribution in [2.45, 2.75) is 6.10 Å². The van der Waals surface area contributed by atoms with Crippen LogP contribution >= 0.6 is 23.2 Å². The predicted molar refractivity (Wildman–Crippen MR) is 75.4 cm³/mol. The summed E-state index contributed by atoms with van der Waals surface area (Å²) in [5.74, 6) is 0.331. The second-order valence-corrected chi connectivity index (χ2v) is 5.19.